The molecule has 6 heteroatoms. The van der Waals surface area contributed by atoms with Gasteiger partial charge in [0.25, 0.3) is 5.91 Å². The van der Waals surface area contributed by atoms with E-state index in [9.17, 15) is 14.0 Å². The lowest BCUT2D eigenvalue weighted by molar-refractivity contribution is -0.138. The minimum absolute atomic E-state index is 0.104. The molecule has 2 amide bonds. The summed E-state index contributed by atoms with van der Waals surface area (Å²) in [5.41, 5.74) is 0.104. The predicted octanol–water partition coefficient (Wildman–Crippen LogP) is 1.45. The number of hydrogen-bond donors (Lipinski definition) is 0. The van der Waals surface area contributed by atoms with E-state index in [1.807, 2.05) is 4.90 Å². The highest BCUT2D eigenvalue weighted by Crippen LogP contribution is 2.20. The molecule has 130 valence electrons. The Hall–Kier alpha value is -1.95. The van der Waals surface area contributed by atoms with Crippen molar-refractivity contribution in [3.8, 4) is 0 Å². The zero-order valence-corrected chi connectivity index (χ0v) is 14.1. The van der Waals surface area contributed by atoms with Crippen LogP contribution >= 0.6 is 0 Å². The maximum absolute atomic E-state index is 13.8. The van der Waals surface area contributed by atoms with Gasteiger partial charge < -0.3 is 14.7 Å². The first-order chi connectivity index (χ1) is 11.6. The molecule has 2 aliphatic rings. The molecular formula is C18H24FN3O2. The van der Waals surface area contributed by atoms with Gasteiger partial charge in [0.15, 0.2) is 0 Å². The maximum atomic E-state index is 13.8. The second kappa shape index (κ2) is 7.30. The Morgan fingerprint density at radius 1 is 0.958 bits per heavy atom. The van der Waals surface area contributed by atoms with Crippen molar-refractivity contribution >= 4 is 11.8 Å². The molecule has 0 spiro atoms. The number of carbonyl (C=O) groups excluding carboxylic acids is 2. The normalized spacial score (nSPS) is 20.2. The minimum Gasteiger partial charge on any atom is -0.339 e. The van der Waals surface area contributed by atoms with Crippen LogP contribution < -0.4 is 0 Å². The monoisotopic (exact) mass is 333 g/mol. The molecule has 0 saturated carbocycles. The topological polar surface area (TPSA) is 43.9 Å². The predicted molar refractivity (Wildman–Crippen MR) is 89.1 cm³/mol. The van der Waals surface area contributed by atoms with E-state index < -0.39 is 5.82 Å². The van der Waals surface area contributed by atoms with E-state index in [0.29, 0.717) is 26.2 Å². The number of likely N-dealkylation sites (tertiary alicyclic amines) is 1. The zero-order chi connectivity index (χ0) is 17.1. The van der Waals surface area contributed by atoms with Crippen LogP contribution in [0, 0.1) is 11.7 Å². The quantitative estimate of drug-likeness (QED) is 0.823. The first-order valence-electron chi connectivity index (χ1n) is 8.57. The second-order valence-electron chi connectivity index (χ2n) is 6.67. The Labute approximate surface area is 142 Å². The van der Waals surface area contributed by atoms with Crippen molar-refractivity contribution in [2.24, 2.45) is 5.92 Å². The molecule has 5 nitrogen and oxygen atoms in total. The highest BCUT2D eigenvalue weighted by atomic mass is 19.1. The lowest BCUT2D eigenvalue weighted by Crippen LogP contribution is -2.52. The summed E-state index contributed by atoms with van der Waals surface area (Å²) < 4.78 is 13.8. The fraction of sp³-hybridized carbons (Fsp3) is 0.556. The van der Waals surface area contributed by atoms with Gasteiger partial charge in [0.1, 0.15) is 5.82 Å². The summed E-state index contributed by atoms with van der Waals surface area (Å²) >= 11 is 0. The van der Waals surface area contributed by atoms with Gasteiger partial charge in [-0.3, -0.25) is 9.59 Å². The van der Waals surface area contributed by atoms with Crippen LogP contribution in [-0.4, -0.2) is 72.8 Å². The van der Waals surface area contributed by atoms with Crippen molar-refractivity contribution in [2.75, 3.05) is 46.3 Å². The van der Waals surface area contributed by atoms with Crippen molar-refractivity contribution in [1.82, 2.24) is 14.7 Å². The number of amides is 2. The summed E-state index contributed by atoms with van der Waals surface area (Å²) in [6.45, 7) is 3.91. The van der Waals surface area contributed by atoms with Crippen LogP contribution in [0.5, 0.6) is 0 Å². The number of hydrogen-bond acceptors (Lipinski definition) is 3. The summed E-state index contributed by atoms with van der Waals surface area (Å²) in [6, 6.07) is 6.04. The number of carbonyl (C=O) groups is 2. The van der Waals surface area contributed by atoms with Gasteiger partial charge in [0, 0.05) is 32.1 Å². The third kappa shape index (κ3) is 3.59. The number of piperazine rings is 1. The van der Waals surface area contributed by atoms with Gasteiger partial charge in [-0.05, 0) is 45.1 Å². The van der Waals surface area contributed by atoms with E-state index in [4.69, 9.17) is 0 Å². The van der Waals surface area contributed by atoms with Crippen molar-refractivity contribution < 1.29 is 14.0 Å². The summed E-state index contributed by atoms with van der Waals surface area (Å²) in [6.07, 6.45) is 1.81. The molecule has 2 fully saturated rings. The Kier molecular flexibility index (Phi) is 5.14. The van der Waals surface area contributed by atoms with Gasteiger partial charge >= 0.3 is 0 Å². The third-order valence-corrected chi connectivity index (χ3v) is 5.05. The van der Waals surface area contributed by atoms with E-state index in [2.05, 4.69) is 11.9 Å². The summed E-state index contributed by atoms with van der Waals surface area (Å²) in [5.74, 6) is -0.470. The van der Waals surface area contributed by atoms with Crippen LogP contribution in [0.15, 0.2) is 24.3 Å². The molecule has 0 bridgehead atoms. The SMILES string of the molecule is CN1CCC(C(=O)N2CCN(C(=O)c3ccccc3F)CC2)CC1. The van der Waals surface area contributed by atoms with Crippen molar-refractivity contribution in [2.45, 2.75) is 12.8 Å². The van der Waals surface area contributed by atoms with E-state index in [0.717, 1.165) is 25.9 Å². The molecule has 2 aliphatic heterocycles. The van der Waals surface area contributed by atoms with Crippen LogP contribution in [0.25, 0.3) is 0 Å². The first kappa shape index (κ1) is 16.9. The molecule has 1 aromatic carbocycles. The number of halogens is 1. The Balaban J connectivity index is 1.55. The summed E-state index contributed by atoms with van der Waals surface area (Å²) in [7, 11) is 2.08. The lowest BCUT2D eigenvalue weighted by atomic mass is 9.95. The molecule has 0 unspecified atom stereocenters. The highest BCUT2D eigenvalue weighted by Gasteiger charge is 2.31. The average Bonchev–Trinajstić information content (AvgIpc) is 2.62. The standard InChI is InChI=1S/C18H24FN3O2/c1-20-8-6-14(7-9-20)17(23)21-10-12-22(13-11-21)18(24)15-4-2-3-5-16(15)19/h2-5,14H,6-13H2,1H3. The van der Waals surface area contributed by atoms with E-state index in [1.54, 1.807) is 17.0 Å². The number of benzene rings is 1. The van der Waals surface area contributed by atoms with Gasteiger partial charge in [-0.2, -0.15) is 0 Å². The largest absolute Gasteiger partial charge is 0.339 e. The molecule has 2 saturated heterocycles. The van der Waals surface area contributed by atoms with Gasteiger partial charge in [-0.1, -0.05) is 12.1 Å². The van der Waals surface area contributed by atoms with Gasteiger partial charge in [-0.15, -0.1) is 0 Å². The molecule has 0 N–H and O–H groups in total. The number of rotatable bonds is 2. The van der Waals surface area contributed by atoms with E-state index >= 15 is 0 Å². The number of piperidine rings is 1. The van der Waals surface area contributed by atoms with E-state index in [-0.39, 0.29) is 23.3 Å². The lowest BCUT2D eigenvalue weighted by Gasteiger charge is -2.38. The molecule has 0 atom stereocenters. The smallest absolute Gasteiger partial charge is 0.256 e. The van der Waals surface area contributed by atoms with Gasteiger partial charge in [-0.25, -0.2) is 4.39 Å². The van der Waals surface area contributed by atoms with Crippen molar-refractivity contribution in [3.63, 3.8) is 0 Å². The molecule has 1 aromatic rings. The van der Waals surface area contributed by atoms with Crippen molar-refractivity contribution in [1.29, 1.82) is 0 Å². The van der Waals surface area contributed by atoms with Crippen LogP contribution in [0.1, 0.15) is 23.2 Å². The Morgan fingerprint density at radius 3 is 2.17 bits per heavy atom. The van der Waals surface area contributed by atoms with Crippen LogP contribution in [0.4, 0.5) is 4.39 Å². The van der Waals surface area contributed by atoms with Crippen LogP contribution in [0.2, 0.25) is 0 Å². The summed E-state index contributed by atoms with van der Waals surface area (Å²) in [5, 5.41) is 0. The fourth-order valence-corrected chi connectivity index (χ4v) is 3.45. The fourth-order valence-electron chi connectivity index (χ4n) is 3.45. The second-order valence-corrected chi connectivity index (χ2v) is 6.67. The minimum atomic E-state index is -0.493. The molecule has 2 heterocycles. The maximum Gasteiger partial charge on any atom is 0.256 e. The number of nitrogens with zero attached hydrogens (tertiary/aromatic N) is 3. The molecule has 0 radical (unpaired) electrons. The zero-order valence-electron chi connectivity index (χ0n) is 14.1. The summed E-state index contributed by atoms with van der Waals surface area (Å²) in [4.78, 5) is 30.8. The average molecular weight is 333 g/mol. The van der Waals surface area contributed by atoms with Crippen LogP contribution in [0.3, 0.4) is 0 Å². The molecule has 24 heavy (non-hydrogen) atoms. The third-order valence-electron chi connectivity index (χ3n) is 5.05. The highest BCUT2D eigenvalue weighted by molar-refractivity contribution is 5.94. The van der Waals surface area contributed by atoms with Crippen molar-refractivity contribution in [3.05, 3.63) is 35.6 Å². The molecule has 0 aromatic heterocycles. The van der Waals surface area contributed by atoms with Gasteiger partial charge in [0.05, 0.1) is 5.56 Å². The van der Waals surface area contributed by atoms with Gasteiger partial charge in [0.2, 0.25) is 5.91 Å². The van der Waals surface area contributed by atoms with E-state index in [1.165, 1.54) is 12.1 Å². The first-order valence-corrected chi connectivity index (χ1v) is 8.57. The molecule has 0 aliphatic carbocycles. The Bertz CT molecular complexity index is 606. The van der Waals surface area contributed by atoms with Crippen LogP contribution in [-0.2, 0) is 4.79 Å². The molecular weight excluding hydrogens is 309 g/mol. The Morgan fingerprint density at radius 2 is 1.54 bits per heavy atom. The molecule has 3 rings (SSSR count).